The molecule has 1 aliphatic carbocycles. The van der Waals surface area contributed by atoms with Crippen LogP contribution in [-0.4, -0.2) is 34.7 Å². The van der Waals surface area contributed by atoms with E-state index in [9.17, 15) is 4.79 Å². The molecule has 5 rings (SSSR count). The van der Waals surface area contributed by atoms with E-state index in [4.69, 9.17) is 0 Å². The second-order valence-electron chi connectivity index (χ2n) is 10.3. The highest BCUT2D eigenvalue weighted by atomic mass is 16.1. The molecule has 0 radical (unpaired) electrons. The quantitative estimate of drug-likeness (QED) is 0.308. The molecule has 8 nitrogen and oxygen atoms in total. The monoisotopic (exact) mass is 499 g/mol. The van der Waals surface area contributed by atoms with Crippen molar-refractivity contribution >= 4 is 0 Å². The van der Waals surface area contributed by atoms with Crippen molar-refractivity contribution in [3.8, 4) is 22.5 Å². The predicted molar refractivity (Wildman–Crippen MR) is 145 cm³/mol. The van der Waals surface area contributed by atoms with Crippen molar-refractivity contribution in [2.24, 2.45) is 5.92 Å². The SMILES string of the molecule is CCCCc1c(C)n(CCC2CCCCC2)c(=O)n1Cc1cc(-c2cccc(-c3nn[nH]n3)c2)ccn1. The molecular formula is C29H37N7O. The van der Waals surface area contributed by atoms with Crippen LogP contribution in [0.3, 0.4) is 0 Å². The van der Waals surface area contributed by atoms with E-state index in [1.165, 1.54) is 32.1 Å². The molecule has 1 saturated carbocycles. The molecule has 1 N–H and O–H groups in total. The zero-order valence-electron chi connectivity index (χ0n) is 22.0. The number of unbranched alkanes of at least 4 members (excludes halogenated alkanes) is 1. The molecule has 4 aromatic rings. The Morgan fingerprint density at radius 1 is 1.03 bits per heavy atom. The lowest BCUT2D eigenvalue weighted by Crippen LogP contribution is -2.27. The number of rotatable bonds is 10. The summed E-state index contributed by atoms with van der Waals surface area (Å²) in [6.07, 6.45) is 12.7. The molecule has 0 spiro atoms. The van der Waals surface area contributed by atoms with Gasteiger partial charge in [0.25, 0.3) is 0 Å². The van der Waals surface area contributed by atoms with Crippen LogP contribution in [0.15, 0.2) is 47.4 Å². The Bertz CT molecular complexity index is 1360. The molecule has 8 heteroatoms. The van der Waals surface area contributed by atoms with Gasteiger partial charge in [-0.3, -0.25) is 14.1 Å². The molecule has 1 fully saturated rings. The molecule has 0 bridgehead atoms. The lowest BCUT2D eigenvalue weighted by molar-refractivity contribution is 0.321. The second kappa shape index (κ2) is 11.7. The normalized spacial score (nSPS) is 14.3. The zero-order chi connectivity index (χ0) is 25.6. The summed E-state index contributed by atoms with van der Waals surface area (Å²) in [5.74, 6) is 1.32. The largest absolute Gasteiger partial charge is 0.328 e. The molecule has 0 saturated heterocycles. The second-order valence-corrected chi connectivity index (χ2v) is 10.3. The number of aromatic nitrogens is 7. The van der Waals surface area contributed by atoms with Crippen LogP contribution in [-0.2, 0) is 19.5 Å². The van der Waals surface area contributed by atoms with E-state index in [1.807, 2.05) is 33.5 Å². The molecule has 194 valence electrons. The highest BCUT2D eigenvalue weighted by Gasteiger charge is 2.20. The molecule has 0 atom stereocenters. The Hall–Kier alpha value is -3.55. The third-order valence-corrected chi connectivity index (χ3v) is 7.80. The standard InChI is InChI=1S/C29H37N7O/c1-3-4-13-27-21(2)35(17-15-22-9-6-5-7-10-22)29(37)36(27)20-26-19-24(14-16-30-26)23-11-8-12-25(18-23)28-31-33-34-32-28/h8,11-12,14,16,18-19,22H,3-7,9-10,13,15,17,20H2,1-2H3,(H,31,32,33,34). The molecule has 0 amide bonds. The first kappa shape index (κ1) is 25.1. The Balaban J connectivity index is 1.41. The summed E-state index contributed by atoms with van der Waals surface area (Å²) in [5, 5.41) is 14.4. The molecular weight excluding hydrogens is 462 g/mol. The number of aromatic amines is 1. The van der Waals surface area contributed by atoms with Crippen molar-refractivity contribution in [2.75, 3.05) is 0 Å². The number of H-pyrrole nitrogens is 1. The maximum Gasteiger partial charge on any atom is 0.328 e. The van der Waals surface area contributed by atoms with Gasteiger partial charge in [-0.05, 0) is 66.6 Å². The fraction of sp³-hybridized carbons (Fsp3) is 0.483. The van der Waals surface area contributed by atoms with E-state index in [0.717, 1.165) is 71.9 Å². The van der Waals surface area contributed by atoms with Gasteiger partial charge >= 0.3 is 5.69 Å². The predicted octanol–water partition coefficient (Wildman–Crippen LogP) is 5.56. The highest BCUT2D eigenvalue weighted by Crippen LogP contribution is 2.27. The summed E-state index contributed by atoms with van der Waals surface area (Å²) in [6, 6.07) is 12.2. The molecule has 1 aliphatic rings. The van der Waals surface area contributed by atoms with E-state index in [-0.39, 0.29) is 5.69 Å². The highest BCUT2D eigenvalue weighted by molar-refractivity contribution is 5.70. The first-order valence-electron chi connectivity index (χ1n) is 13.7. The van der Waals surface area contributed by atoms with Crippen molar-refractivity contribution in [2.45, 2.75) is 84.7 Å². The van der Waals surface area contributed by atoms with Gasteiger partial charge in [-0.1, -0.05) is 63.6 Å². The fourth-order valence-corrected chi connectivity index (χ4v) is 5.66. The lowest BCUT2D eigenvalue weighted by atomic mass is 9.87. The summed E-state index contributed by atoms with van der Waals surface area (Å²) in [4.78, 5) is 18.3. The van der Waals surface area contributed by atoms with E-state index < -0.39 is 0 Å². The molecule has 3 aromatic heterocycles. The Kier molecular flexibility index (Phi) is 7.92. The van der Waals surface area contributed by atoms with Crippen LogP contribution in [0.2, 0.25) is 0 Å². The number of tetrazole rings is 1. The smallest absolute Gasteiger partial charge is 0.296 e. The molecule has 0 aliphatic heterocycles. The van der Waals surface area contributed by atoms with Gasteiger partial charge in [-0.25, -0.2) is 4.79 Å². The number of nitrogens with zero attached hydrogens (tertiary/aromatic N) is 6. The van der Waals surface area contributed by atoms with Crippen molar-refractivity contribution < 1.29 is 0 Å². The van der Waals surface area contributed by atoms with Gasteiger partial charge in [0.05, 0.1) is 12.2 Å². The number of hydrogen-bond donors (Lipinski definition) is 1. The lowest BCUT2D eigenvalue weighted by Gasteiger charge is -2.21. The van der Waals surface area contributed by atoms with Crippen molar-refractivity contribution in [3.05, 3.63) is 70.2 Å². The Morgan fingerprint density at radius 2 is 1.84 bits per heavy atom. The van der Waals surface area contributed by atoms with Crippen molar-refractivity contribution in [1.29, 1.82) is 0 Å². The first-order valence-corrected chi connectivity index (χ1v) is 13.7. The topological polar surface area (TPSA) is 94.3 Å². The molecule has 1 aromatic carbocycles. The number of pyridine rings is 1. The minimum absolute atomic E-state index is 0.103. The van der Waals surface area contributed by atoms with Gasteiger partial charge in [0.15, 0.2) is 0 Å². The van der Waals surface area contributed by atoms with Crippen molar-refractivity contribution in [1.82, 2.24) is 34.7 Å². The minimum atomic E-state index is 0.103. The fourth-order valence-electron chi connectivity index (χ4n) is 5.66. The van der Waals surface area contributed by atoms with Gasteiger partial charge in [0.1, 0.15) is 0 Å². The zero-order valence-corrected chi connectivity index (χ0v) is 22.0. The number of benzene rings is 1. The van der Waals surface area contributed by atoms with E-state index in [0.29, 0.717) is 12.4 Å². The van der Waals surface area contributed by atoms with Crippen LogP contribution >= 0.6 is 0 Å². The number of nitrogens with one attached hydrogen (secondary N) is 1. The minimum Gasteiger partial charge on any atom is -0.296 e. The number of hydrogen-bond acceptors (Lipinski definition) is 5. The summed E-state index contributed by atoms with van der Waals surface area (Å²) in [6.45, 7) is 5.62. The van der Waals surface area contributed by atoms with Crippen LogP contribution in [0, 0.1) is 12.8 Å². The average molecular weight is 500 g/mol. The van der Waals surface area contributed by atoms with Crippen LogP contribution in [0.4, 0.5) is 0 Å². The summed E-state index contributed by atoms with van der Waals surface area (Å²) < 4.78 is 3.99. The summed E-state index contributed by atoms with van der Waals surface area (Å²) in [7, 11) is 0. The van der Waals surface area contributed by atoms with E-state index >= 15 is 0 Å². The summed E-state index contributed by atoms with van der Waals surface area (Å²) in [5.41, 5.74) is 6.25. The number of imidazole rings is 1. The molecule has 3 heterocycles. The van der Waals surface area contributed by atoms with E-state index in [2.05, 4.69) is 57.7 Å². The third-order valence-electron chi connectivity index (χ3n) is 7.80. The van der Waals surface area contributed by atoms with E-state index in [1.54, 1.807) is 0 Å². The van der Waals surface area contributed by atoms with Gasteiger partial charge < -0.3 is 0 Å². The van der Waals surface area contributed by atoms with Gasteiger partial charge in [0, 0.05) is 29.7 Å². The van der Waals surface area contributed by atoms with Gasteiger partial charge in [0.2, 0.25) is 5.82 Å². The maximum atomic E-state index is 13.7. The maximum absolute atomic E-state index is 13.7. The molecule has 0 unspecified atom stereocenters. The van der Waals surface area contributed by atoms with Crippen LogP contribution in [0.25, 0.3) is 22.5 Å². The molecule has 37 heavy (non-hydrogen) atoms. The van der Waals surface area contributed by atoms with Crippen molar-refractivity contribution in [3.63, 3.8) is 0 Å². The van der Waals surface area contributed by atoms with Gasteiger partial charge in [-0.2, -0.15) is 5.21 Å². The third kappa shape index (κ3) is 5.73. The van der Waals surface area contributed by atoms with Gasteiger partial charge in [-0.15, -0.1) is 10.2 Å². The van der Waals surface area contributed by atoms with Crippen LogP contribution in [0.1, 0.15) is 75.4 Å². The average Bonchev–Trinajstić information content (AvgIpc) is 3.55. The summed E-state index contributed by atoms with van der Waals surface area (Å²) >= 11 is 0. The Morgan fingerprint density at radius 3 is 2.62 bits per heavy atom. The first-order chi connectivity index (χ1) is 18.1. The van der Waals surface area contributed by atoms with Crippen LogP contribution in [0.5, 0.6) is 0 Å². The Labute approximate surface area is 218 Å². The van der Waals surface area contributed by atoms with Crippen LogP contribution < -0.4 is 5.69 Å².